The molecule has 0 spiro atoms. The summed E-state index contributed by atoms with van der Waals surface area (Å²) in [6.45, 7) is 1.13. The average molecular weight is 642 g/mol. The number of fused-ring (bicyclic) bond motifs is 1. The number of aliphatic imine (C=N–C) groups is 1. The van der Waals surface area contributed by atoms with Gasteiger partial charge >= 0.3 is 0 Å². The van der Waals surface area contributed by atoms with Crippen LogP contribution in [-0.4, -0.2) is 23.3 Å². The van der Waals surface area contributed by atoms with Gasteiger partial charge in [-0.05, 0) is 81.5 Å². The molecule has 6 rings (SSSR count). The number of carbonyl (C=O) groups excluding carboxylic acids is 1. The third-order valence-corrected chi connectivity index (χ3v) is 9.10. The lowest BCUT2D eigenvalue weighted by molar-refractivity contribution is -0.126. The summed E-state index contributed by atoms with van der Waals surface area (Å²) >= 11 is 2.33. The number of phenols is 1. The number of phenolic OH excluding ortho intramolecular Hbond substituents is 1. The van der Waals surface area contributed by atoms with Crippen LogP contribution in [-0.2, 0) is 23.3 Å². The van der Waals surface area contributed by atoms with Crippen molar-refractivity contribution in [2.75, 3.05) is 0 Å². The van der Waals surface area contributed by atoms with E-state index in [0.29, 0.717) is 13.1 Å². The van der Waals surface area contributed by atoms with Gasteiger partial charge in [0, 0.05) is 34.1 Å². The lowest BCUT2D eigenvalue weighted by Gasteiger charge is -2.28. The predicted molar refractivity (Wildman–Crippen MR) is 169 cm³/mol. The van der Waals surface area contributed by atoms with Gasteiger partial charge in [-0.25, -0.2) is 0 Å². The fourth-order valence-electron chi connectivity index (χ4n) is 6.09. The molecule has 3 aromatic rings. The molecule has 1 atom stereocenters. The standard InChI is InChI=1S/C34H32IN3O2/c35-29-22-37-32-28(29)18-25(27-13-4-5-14-31(27)39)19-30(32)36-20-23-9-8-10-24(17-23)21-38-33(40)34(15-6-7-16-34)26-11-2-1-3-12-26/h1-5,8-14,17-19,22,32,36,39H,6-7,15-16,20-21H2,(H,38,40). The molecule has 6 heteroatoms. The number of nitrogens with zero attached hydrogens (tertiary/aromatic N) is 1. The Morgan fingerprint density at radius 2 is 1.65 bits per heavy atom. The maximum absolute atomic E-state index is 13.5. The van der Waals surface area contributed by atoms with Gasteiger partial charge in [0.2, 0.25) is 5.91 Å². The molecule has 0 saturated heterocycles. The van der Waals surface area contributed by atoms with Crippen molar-refractivity contribution >= 4 is 40.3 Å². The van der Waals surface area contributed by atoms with Crippen molar-refractivity contribution < 1.29 is 9.90 Å². The zero-order valence-electron chi connectivity index (χ0n) is 22.2. The summed E-state index contributed by atoms with van der Waals surface area (Å²) in [6.07, 6.45) is 10.1. The van der Waals surface area contributed by atoms with Crippen molar-refractivity contribution in [3.05, 3.63) is 128 Å². The van der Waals surface area contributed by atoms with Crippen molar-refractivity contribution in [3.8, 4) is 5.75 Å². The van der Waals surface area contributed by atoms with Crippen molar-refractivity contribution in [2.24, 2.45) is 4.99 Å². The number of para-hydroxylation sites is 1. The summed E-state index contributed by atoms with van der Waals surface area (Å²) < 4.78 is 1.11. The Kier molecular flexibility index (Phi) is 7.61. The lowest BCUT2D eigenvalue weighted by Crippen LogP contribution is -2.42. The maximum atomic E-state index is 13.5. The molecule has 1 unspecified atom stereocenters. The normalized spacial score (nSPS) is 19.2. The highest BCUT2D eigenvalue weighted by molar-refractivity contribution is 14.1. The zero-order chi connectivity index (χ0) is 27.5. The summed E-state index contributed by atoms with van der Waals surface area (Å²) in [5, 5.41) is 17.3. The SMILES string of the molecule is O=C(NCc1cccc(CNC2=CC(c3ccccc3O)=CC3=C(I)C=NC23)c1)C1(c2ccccc2)CCCC1. The van der Waals surface area contributed by atoms with Crippen LogP contribution in [0.25, 0.3) is 5.57 Å². The van der Waals surface area contributed by atoms with Crippen LogP contribution in [0, 0.1) is 0 Å². The molecule has 0 radical (unpaired) electrons. The minimum atomic E-state index is -0.420. The molecule has 3 aromatic carbocycles. The summed E-state index contributed by atoms with van der Waals surface area (Å²) in [7, 11) is 0. The molecular formula is C34H32IN3O2. The molecular weight excluding hydrogens is 609 g/mol. The number of benzene rings is 3. The van der Waals surface area contributed by atoms with Gasteiger partial charge in [0.05, 0.1) is 5.41 Å². The van der Waals surface area contributed by atoms with E-state index in [1.54, 1.807) is 6.07 Å². The molecule has 1 heterocycles. The highest BCUT2D eigenvalue weighted by atomic mass is 127. The van der Waals surface area contributed by atoms with Crippen LogP contribution in [0.1, 0.15) is 47.9 Å². The van der Waals surface area contributed by atoms with Crippen molar-refractivity contribution in [1.82, 2.24) is 10.6 Å². The van der Waals surface area contributed by atoms with Gasteiger partial charge in [-0.1, -0.05) is 85.6 Å². The monoisotopic (exact) mass is 641 g/mol. The second kappa shape index (κ2) is 11.5. The van der Waals surface area contributed by atoms with Crippen LogP contribution < -0.4 is 10.6 Å². The first kappa shape index (κ1) is 26.6. The third-order valence-electron chi connectivity index (χ3n) is 8.20. The minimum absolute atomic E-state index is 0.0652. The number of rotatable bonds is 8. The van der Waals surface area contributed by atoms with Crippen LogP contribution in [0.5, 0.6) is 5.75 Å². The number of hydrogen-bond acceptors (Lipinski definition) is 4. The van der Waals surface area contributed by atoms with Crippen LogP contribution in [0.2, 0.25) is 0 Å². The fraction of sp³-hybridized carbons (Fsp3) is 0.235. The largest absolute Gasteiger partial charge is 0.507 e. The Balaban J connectivity index is 1.15. The highest BCUT2D eigenvalue weighted by Crippen LogP contribution is 2.41. The minimum Gasteiger partial charge on any atom is -0.507 e. The summed E-state index contributed by atoms with van der Waals surface area (Å²) in [5.74, 6) is 0.391. The van der Waals surface area contributed by atoms with Crippen molar-refractivity contribution in [3.63, 3.8) is 0 Å². The van der Waals surface area contributed by atoms with E-state index in [0.717, 1.165) is 68.4 Å². The number of amides is 1. The molecule has 0 bridgehead atoms. The third kappa shape index (κ3) is 5.24. The molecule has 3 N–H and O–H groups in total. The number of halogens is 1. The Morgan fingerprint density at radius 1 is 0.925 bits per heavy atom. The number of allylic oxidation sites excluding steroid dienone is 3. The zero-order valence-corrected chi connectivity index (χ0v) is 24.4. The van der Waals surface area contributed by atoms with Crippen LogP contribution >= 0.6 is 22.6 Å². The van der Waals surface area contributed by atoms with Gasteiger partial charge in [-0.2, -0.15) is 0 Å². The summed E-state index contributed by atoms with van der Waals surface area (Å²) in [4.78, 5) is 18.2. The van der Waals surface area contributed by atoms with Crippen molar-refractivity contribution in [2.45, 2.75) is 50.2 Å². The summed E-state index contributed by atoms with van der Waals surface area (Å²) in [5.41, 5.74) is 6.82. The van der Waals surface area contributed by atoms with Gasteiger partial charge in [0.1, 0.15) is 11.8 Å². The smallest absolute Gasteiger partial charge is 0.230 e. The first-order valence-electron chi connectivity index (χ1n) is 13.8. The maximum Gasteiger partial charge on any atom is 0.230 e. The number of carbonyl (C=O) groups is 1. The van der Waals surface area contributed by atoms with Gasteiger partial charge in [-0.3, -0.25) is 9.79 Å². The predicted octanol–water partition coefficient (Wildman–Crippen LogP) is 6.73. The molecule has 1 fully saturated rings. The van der Waals surface area contributed by atoms with E-state index in [2.05, 4.69) is 75.7 Å². The molecule has 3 aliphatic rings. The van der Waals surface area contributed by atoms with Crippen LogP contribution in [0.15, 0.2) is 111 Å². The Hall–Kier alpha value is -3.65. The lowest BCUT2D eigenvalue weighted by atomic mass is 9.78. The van der Waals surface area contributed by atoms with E-state index < -0.39 is 5.41 Å². The highest BCUT2D eigenvalue weighted by Gasteiger charge is 2.42. The molecule has 1 aliphatic heterocycles. The molecule has 202 valence electrons. The summed E-state index contributed by atoms with van der Waals surface area (Å²) in [6, 6.07) is 26.0. The van der Waals surface area contributed by atoms with Gasteiger partial charge in [-0.15, -0.1) is 0 Å². The van der Waals surface area contributed by atoms with E-state index in [-0.39, 0.29) is 17.7 Å². The molecule has 40 heavy (non-hydrogen) atoms. The Morgan fingerprint density at radius 3 is 2.42 bits per heavy atom. The van der Waals surface area contributed by atoms with Gasteiger partial charge < -0.3 is 15.7 Å². The number of aromatic hydroxyl groups is 1. The van der Waals surface area contributed by atoms with E-state index in [4.69, 9.17) is 4.99 Å². The molecule has 1 amide bonds. The van der Waals surface area contributed by atoms with E-state index in [9.17, 15) is 9.90 Å². The fourth-order valence-corrected chi connectivity index (χ4v) is 6.70. The second-order valence-corrected chi connectivity index (χ2v) is 11.9. The Labute approximate surface area is 249 Å². The molecule has 0 aromatic heterocycles. The molecule has 5 nitrogen and oxygen atoms in total. The first-order valence-corrected chi connectivity index (χ1v) is 14.9. The Bertz CT molecular complexity index is 1550. The van der Waals surface area contributed by atoms with E-state index >= 15 is 0 Å². The number of hydrogen-bond donors (Lipinski definition) is 3. The quantitative estimate of drug-likeness (QED) is 0.239. The van der Waals surface area contributed by atoms with Gasteiger partial charge in [0.15, 0.2) is 0 Å². The number of nitrogens with one attached hydrogen (secondary N) is 2. The average Bonchev–Trinajstić information content (AvgIpc) is 3.64. The van der Waals surface area contributed by atoms with E-state index in [1.165, 1.54) is 0 Å². The van der Waals surface area contributed by atoms with Crippen LogP contribution in [0.3, 0.4) is 0 Å². The van der Waals surface area contributed by atoms with Crippen LogP contribution in [0.4, 0.5) is 0 Å². The second-order valence-electron chi connectivity index (χ2n) is 10.7. The molecule has 2 aliphatic carbocycles. The van der Waals surface area contributed by atoms with Crippen molar-refractivity contribution in [1.29, 1.82) is 0 Å². The van der Waals surface area contributed by atoms with Gasteiger partial charge in [0.25, 0.3) is 0 Å². The van der Waals surface area contributed by atoms with E-state index in [1.807, 2.05) is 48.7 Å². The first-order chi connectivity index (χ1) is 19.5. The molecule has 1 saturated carbocycles. The topological polar surface area (TPSA) is 73.7 Å².